The van der Waals surface area contributed by atoms with Gasteiger partial charge < -0.3 is 15.1 Å². The van der Waals surface area contributed by atoms with Gasteiger partial charge in [0.25, 0.3) is 0 Å². The molecule has 0 spiro atoms. The molecule has 0 bridgehead atoms. The number of nitrogens with zero attached hydrogens (tertiary/aromatic N) is 5. The standard InChI is InChI=1S/C22H24N6O/c1-17(29)27-10-12-28(13-11-27)22-25-20(19-7-3-2-4-8-19)14-21(26-22)24-16-18-6-5-9-23-15-18/h2-9,14-15H,10-13,16H2,1H3,(H,24,25,26). The zero-order chi connectivity index (χ0) is 20.1. The summed E-state index contributed by atoms with van der Waals surface area (Å²) in [5.41, 5.74) is 3.00. The molecule has 0 unspecified atom stereocenters. The Kier molecular flexibility index (Phi) is 5.65. The number of hydrogen-bond donors (Lipinski definition) is 1. The van der Waals surface area contributed by atoms with Crippen molar-refractivity contribution in [2.24, 2.45) is 0 Å². The maximum atomic E-state index is 11.6. The van der Waals surface area contributed by atoms with E-state index in [1.54, 1.807) is 13.1 Å². The molecule has 7 nitrogen and oxygen atoms in total. The van der Waals surface area contributed by atoms with Crippen LogP contribution in [-0.4, -0.2) is 51.9 Å². The van der Waals surface area contributed by atoms with E-state index in [2.05, 4.69) is 15.2 Å². The third-order valence-corrected chi connectivity index (χ3v) is 4.99. The zero-order valence-electron chi connectivity index (χ0n) is 16.5. The third kappa shape index (κ3) is 4.68. The van der Waals surface area contributed by atoms with E-state index in [1.165, 1.54) is 0 Å². The van der Waals surface area contributed by atoms with Crippen LogP contribution >= 0.6 is 0 Å². The molecule has 2 aromatic heterocycles. The number of anilines is 2. The molecular formula is C22H24N6O. The Morgan fingerprint density at radius 1 is 1.03 bits per heavy atom. The Balaban J connectivity index is 1.59. The highest BCUT2D eigenvalue weighted by Crippen LogP contribution is 2.24. The highest BCUT2D eigenvalue weighted by atomic mass is 16.2. The molecule has 3 aromatic rings. The fraction of sp³-hybridized carbons (Fsp3) is 0.273. The second-order valence-electron chi connectivity index (χ2n) is 7.01. The lowest BCUT2D eigenvalue weighted by Gasteiger charge is -2.34. The summed E-state index contributed by atoms with van der Waals surface area (Å²) in [6.45, 7) is 5.07. The Hall–Kier alpha value is -3.48. The van der Waals surface area contributed by atoms with Crippen LogP contribution in [-0.2, 0) is 11.3 Å². The van der Waals surface area contributed by atoms with Crippen molar-refractivity contribution in [3.8, 4) is 11.3 Å². The minimum absolute atomic E-state index is 0.113. The van der Waals surface area contributed by atoms with Crippen LogP contribution in [0.5, 0.6) is 0 Å². The number of rotatable bonds is 5. The fourth-order valence-corrected chi connectivity index (χ4v) is 3.34. The lowest BCUT2D eigenvalue weighted by molar-refractivity contribution is -0.129. The molecule has 0 saturated carbocycles. The molecule has 0 aliphatic carbocycles. The normalized spacial score (nSPS) is 14.0. The van der Waals surface area contributed by atoms with Gasteiger partial charge in [-0.05, 0) is 11.6 Å². The largest absolute Gasteiger partial charge is 0.366 e. The second-order valence-corrected chi connectivity index (χ2v) is 7.01. The van der Waals surface area contributed by atoms with Crippen molar-refractivity contribution in [1.29, 1.82) is 0 Å². The van der Waals surface area contributed by atoms with E-state index in [0.29, 0.717) is 25.6 Å². The maximum Gasteiger partial charge on any atom is 0.227 e. The molecule has 1 aromatic carbocycles. The molecule has 148 valence electrons. The van der Waals surface area contributed by atoms with Crippen molar-refractivity contribution in [3.63, 3.8) is 0 Å². The molecule has 1 aliphatic rings. The number of carbonyl (C=O) groups is 1. The van der Waals surface area contributed by atoms with Crippen molar-refractivity contribution in [2.75, 3.05) is 36.4 Å². The summed E-state index contributed by atoms with van der Waals surface area (Å²) in [5.74, 6) is 1.57. The van der Waals surface area contributed by atoms with Crippen molar-refractivity contribution in [3.05, 3.63) is 66.5 Å². The van der Waals surface area contributed by atoms with Gasteiger partial charge in [-0.25, -0.2) is 4.98 Å². The number of nitrogens with one attached hydrogen (secondary N) is 1. The number of pyridine rings is 1. The molecular weight excluding hydrogens is 364 g/mol. The summed E-state index contributed by atoms with van der Waals surface area (Å²) in [6, 6.07) is 16.0. The highest BCUT2D eigenvalue weighted by Gasteiger charge is 2.21. The van der Waals surface area contributed by atoms with Gasteiger partial charge in [0.15, 0.2) is 0 Å². The van der Waals surface area contributed by atoms with Gasteiger partial charge in [0.1, 0.15) is 5.82 Å². The Labute approximate surface area is 170 Å². The lowest BCUT2D eigenvalue weighted by Crippen LogP contribution is -2.48. The van der Waals surface area contributed by atoms with E-state index in [0.717, 1.165) is 35.7 Å². The minimum Gasteiger partial charge on any atom is -0.366 e. The molecule has 4 rings (SSSR count). The Morgan fingerprint density at radius 2 is 1.83 bits per heavy atom. The first-order valence-electron chi connectivity index (χ1n) is 9.77. The van der Waals surface area contributed by atoms with Gasteiger partial charge >= 0.3 is 0 Å². The maximum absolute atomic E-state index is 11.6. The van der Waals surface area contributed by atoms with E-state index in [9.17, 15) is 4.79 Å². The molecule has 0 atom stereocenters. The van der Waals surface area contributed by atoms with Crippen LogP contribution in [0.25, 0.3) is 11.3 Å². The lowest BCUT2D eigenvalue weighted by atomic mass is 10.1. The van der Waals surface area contributed by atoms with Gasteiger partial charge in [0, 0.05) is 63.7 Å². The average Bonchev–Trinajstić information content (AvgIpc) is 2.79. The third-order valence-electron chi connectivity index (χ3n) is 4.99. The van der Waals surface area contributed by atoms with Crippen LogP contribution in [0.15, 0.2) is 60.9 Å². The molecule has 1 amide bonds. The molecule has 1 saturated heterocycles. The molecule has 3 heterocycles. The highest BCUT2D eigenvalue weighted by molar-refractivity contribution is 5.73. The number of amides is 1. The van der Waals surface area contributed by atoms with Gasteiger partial charge in [-0.3, -0.25) is 9.78 Å². The second kappa shape index (κ2) is 8.68. The topological polar surface area (TPSA) is 74.2 Å². The zero-order valence-corrected chi connectivity index (χ0v) is 16.5. The first-order valence-corrected chi connectivity index (χ1v) is 9.77. The predicted octanol–water partition coefficient (Wildman–Crippen LogP) is 2.82. The number of carbonyl (C=O) groups excluding carboxylic acids is 1. The van der Waals surface area contributed by atoms with Gasteiger partial charge in [-0.2, -0.15) is 4.98 Å². The average molecular weight is 388 g/mol. The number of hydrogen-bond acceptors (Lipinski definition) is 6. The molecule has 1 aliphatic heterocycles. The minimum atomic E-state index is 0.113. The van der Waals surface area contributed by atoms with Crippen LogP contribution in [0.4, 0.5) is 11.8 Å². The number of aromatic nitrogens is 3. The Morgan fingerprint density at radius 3 is 2.52 bits per heavy atom. The molecule has 0 radical (unpaired) electrons. The van der Waals surface area contributed by atoms with Gasteiger partial charge in [-0.1, -0.05) is 36.4 Å². The summed E-state index contributed by atoms with van der Waals surface area (Å²) in [4.78, 5) is 29.3. The molecule has 1 N–H and O–H groups in total. The summed E-state index contributed by atoms with van der Waals surface area (Å²) < 4.78 is 0. The molecule has 1 fully saturated rings. The van der Waals surface area contributed by atoms with Crippen LogP contribution in [0.2, 0.25) is 0 Å². The summed E-state index contributed by atoms with van der Waals surface area (Å²) in [5, 5.41) is 3.40. The molecule has 7 heteroatoms. The van der Waals surface area contributed by atoms with Crippen LogP contribution in [0, 0.1) is 0 Å². The number of piperazine rings is 1. The van der Waals surface area contributed by atoms with Crippen molar-refractivity contribution < 1.29 is 4.79 Å². The SMILES string of the molecule is CC(=O)N1CCN(c2nc(NCc3cccnc3)cc(-c3ccccc3)n2)CC1. The van der Waals surface area contributed by atoms with E-state index >= 15 is 0 Å². The first-order chi connectivity index (χ1) is 14.2. The molecule has 29 heavy (non-hydrogen) atoms. The van der Waals surface area contributed by atoms with E-state index < -0.39 is 0 Å². The van der Waals surface area contributed by atoms with Crippen molar-refractivity contribution in [1.82, 2.24) is 19.9 Å². The first kappa shape index (κ1) is 18.9. The van der Waals surface area contributed by atoms with Crippen LogP contribution in [0.1, 0.15) is 12.5 Å². The smallest absolute Gasteiger partial charge is 0.227 e. The van der Waals surface area contributed by atoms with E-state index in [1.807, 2.05) is 59.6 Å². The van der Waals surface area contributed by atoms with E-state index in [-0.39, 0.29) is 5.91 Å². The fourth-order valence-electron chi connectivity index (χ4n) is 3.34. The van der Waals surface area contributed by atoms with Crippen molar-refractivity contribution in [2.45, 2.75) is 13.5 Å². The summed E-state index contributed by atoms with van der Waals surface area (Å²) in [7, 11) is 0. The summed E-state index contributed by atoms with van der Waals surface area (Å²) in [6.07, 6.45) is 3.61. The van der Waals surface area contributed by atoms with Crippen LogP contribution < -0.4 is 10.2 Å². The van der Waals surface area contributed by atoms with Crippen molar-refractivity contribution >= 4 is 17.7 Å². The van der Waals surface area contributed by atoms with Crippen LogP contribution in [0.3, 0.4) is 0 Å². The predicted molar refractivity (Wildman–Crippen MR) is 113 cm³/mol. The monoisotopic (exact) mass is 388 g/mol. The van der Waals surface area contributed by atoms with Gasteiger partial charge in [0.2, 0.25) is 11.9 Å². The van der Waals surface area contributed by atoms with Gasteiger partial charge in [0.05, 0.1) is 5.69 Å². The quantitative estimate of drug-likeness (QED) is 0.725. The summed E-state index contributed by atoms with van der Waals surface area (Å²) >= 11 is 0. The van der Waals surface area contributed by atoms with Gasteiger partial charge in [-0.15, -0.1) is 0 Å². The van der Waals surface area contributed by atoms with E-state index in [4.69, 9.17) is 9.97 Å². The Bertz CT molecular complexity index is 956. The number of benzene rings is 1.